The lowest BCUT2D eigenvalue weighted by atomic mass is 9.92. The molecule has 5 heteroatoms. The van der Waals surface area contributed by atoms with E-state index in [2.05, 4.69) is 88.4 Å². The van der Waals surface area contributed by atoms with Crippen LogP contribution in [0.2, 0.25) is 0 Å². The smallest absolute Gasteiger partial charge is 0.191 e. The van der Waals surface area contributed by atoms with Crippen molar-refractivity contribution in [2.24, 2.45) is 4.99 Å². The van der Waals surface area contributed by atoms with E-state index in [1.165, 1.54) is 11.1 Å². The molecule has 2 aromatic carbocycles. The van der Waals surface area contributed by atoms with Crippen LogP contribution in [0.4, 0.5) is 0 Å². The van der Waals surface area contributed by atoms with E-state index >= 15 is 0 Å². The number of guanidine groups is 1. The standard InChI is InChI=1S/C23H28N4O/c1-3-21-15-22(28-27-21)17-26-23(24-2)25-16-20(19-12-8-5-9-13-19)14-18-10-6-4-7-11-18/h4-13,15,20H,3,14,16-17H2,1-2H3,(H2,24,25,26). The highest BCUT2D eigenvalue weighted by molar-refractivity contribution is 5.79. The SMILES string of the molecule is CCc1cc(CNC(=NC)NCC(Cc2ccccc2)c2ccccc2)on1. The second kappa shape index (κ2) is 10.3. The van der Waals surface area contributed by atoms with Crippen LogP contribution in [0.3, 0.4) is 0 Å². The molecule has 0 saturated carbocycles. The van der Waals surface area contributed by atoms with Gasteiger partial charge in [-0.3, -0.25) is 4.99 Å². The molecule has 1 unspecified atom stereocenters. The number of hydrogen-bond acceptors (Lipinski definition) is 3. The third-order valence-corrected chi connectivity index (χ3v) is 4.74. The zero-order valence-corrected chi connectivity index (χ0v) is 16.6. The van der Waals surface area contributed by atoms with Crippen molar-refractivity contribution in [2.75, 3.05) is 13.6 Å². The highest BCUT2D eigenvalue weighted by atomic mass is 16.5. The Kier molecular flexibility index (Phi) is 7.24. The van der Waals surface area contributed by atoms with Crippen molar-refractivity contribution in [1.82, 2.24) is 15.8 Å². The van der Waals surface area contributed by atoms with Crippen LogP contribution in [0.5, 0.6) is 0 Å². The molecule has 146 valence electrons. The molecule has 1 aromatic heterocycles. The van der Waals surface area contributed by atoms with Gasteiger partial charge in [0.2, 0.25) is 0 Å². The minimum absolute atomic E-state index is 0.346. The van der Waals surface area contributed by atoms with E-state index in [0.29, 0.717) is 12.5 Å². The highest BCUT2D eigenvalue weighted by Crippen LogP contribution is 2.20. The fourth-order valence-corrected chi connectivity index (χ4v) is 3.15. The fraction of sp³-hybridized carbons (Fsp3) is 0.304. The number of benzene rings is 2. The van der Waals surface area contributed by atoms with Gasteiger partial charge in [0.15, 0.2) is 11.7 Å². The molecule has 0 fully saturated rings. The molecule has 0 aliphatic heterocycles. The van der Waals surface area contributed by atoms with Crippen LogP contribution < -0.4 is 10.6 Å². The van der Waals surface area contributed by atoms with Gasteiger partial charge in [-0.1, -0.05) is 72.7 Å². The number of nitrogens with zero attached hydrogens (tertiary/aromatic N) is 2. The predicted molar refractivity (Wildman–Crippen MR) is 113 cm³/mol. The van der Waals surface area contributed by atoms with Gasteiger partial charge in [-0.15, -0.1) is 0 Å². The maximum absolute atomic E-state index is 5.33. The van der Waals surface area contributed by atoms with Gasteiger partial charge in [0.25, 0.3) is 0 Å². The van der Waals surface area contributed by atoms with Crippen molar-refractivity contribution in [2.45, 2.75) is 32.2 Å². The molecule has 28 heavy (non-hydrogen) atoms. The van der Waals surface area contributed by atoms with Crippen LogP contribution >= 0.6 is 0 Å². The second-order valence-corrected chi connectivity index (χ2v) is 6.74. The van der Waals surface area contributed by atoms with Crippen LogP contribution in [-0.4, -0.2) is 24.7 Å². The first kappa shape index (κ1) is 19.7. The van der Waals surface area contributed by atoms with Gasteiger partial charge in [-0.25, -0.2) is 0 Å². The Morgan fingerprint density at radius 2 is 1.75 bits per heavy atom. The molecule has 3 rings (SSSR count). The first-order valence-corrected chi connectivity index (χ1v) is 9.76. The summed E-state index contributed by atoms with van der Waals surface area (Å²) < 4.78 is 5.33. The summed E-state index contributed by atoms with van der Waals surface area (Å²) in [4.78, 5) is 4.34. The molecular weight excluding hydrogens is 348 g/mol. The zero-order chi connectivity index (χ0) is 19.6. The van der Waals surface area contributed by atoms with Gasteiger partial charge >= 0.3 is 0 Å². The summed E-state index contributed by atoms with van der Waals surface area (Å²) in [5.41, 5.74) is 3.61. The maximum atomic E-state index is 5.33. The molecule has 1 heterocycles. The molecule has 0 bridgehead atoms. The van der Waals surface area contributed by atoms with Crippen LogP contribution in [-0.2, 0) is 19.4 Å². The number of rotatable bonds is 8. The van der Waals surface area contributed by atoms with Gasteiger partial charge in [0.1, 0.15) is 0 Å². The lowest BCUT2D eigenvalue weighted by molar-refractivity contribution is 0.374. The average molecular weight is 377 g/mol. The third kappa shape index (κ3) is 5.71. The Morgan fingerprint density at radius 3 is 2.39 bits per heavy atom. The van der Waals surface area contributed by atoms with Crippen molar-refractivity contribution < 1.29 is 4.52 Å². The predicted octanol–water partition coefficient (Wildman–Crippen LogP) is 3.93. The van der Waals surface area contributed by atoms with E-state index in [0.717, 1.165) is 36.8 Å². The lowest BCUT2D eigenvalue weighted by Crippen LogP contribution is -2.39. The van der Waals surface area contributed by atoms with Crippen LogP contribution in [0.1, 0.15) is 35.4 Å². The third-order valence-electron chi connectivity index (χ3n) is 4.74. The number of aryl methyl sites for hydroxylation is 1. The van der Waals surface area contributed by atoms with Crippen LogP contribution in [0.15, 0.2) is 76.2 Å². The molecule has 0 amide bonds. The second-order valence-electron chi connectivity index (χ2n) is 6.74. The first-order valence-electron chi connectivity index (χ1n) is 9.76. The van der Waals surface area contributed by atoms with Gasteiger partial charge in [0, 0.05) is 25.6 Å². The summed E-state index contributed by atoms with van der Waals surface area (Å²) in [6.07, 6.45) is 1.84. The monoisotopic (exact) mass is 376 g/mol. The van der Waals surface area contributed by atoms with E-state index in [1.807, 2.05) is 6.07 Å². The number of aliphatic imine (C=N–C) groups is 1. The maximum Gasteiger partial charge on any atom is 0.191 e. The molecule has 0 spiro atoms. The topological polar surface area (TPSA) is 62.5 Å². The minimum atomic E-state index is 0.346. The summed E-state index contributed by atoms with van der Waals surface area (Å²) in [6.45, 7) is 3.41. The average Bonchev–Trinajstić information content (AvgIpc) is 3.22. The van der Waals surface area contributed by atoms with E-state index in [4.69, 9.17) is 4.52 Å². The largest absolute Gasteiger partial charge is 0.359 e. The highest BCUT2D eigenvalue weighted by Gasteiger charge is 2.13. The van der Waals surface area contributed by atoms with Crippen LogP contribution in [0.25, 0.3) is 0 Å². The fourth-order valence-electron chi connectivity index (χ4n) is 3.15. The summed E-state index contributed by atoms with van der Waals surface area (Å²) in [6, 6.07) is 23.2. The molecule has 1 atom stereocenters. The summed E-state index contributed by atoms with van der Waals surface area (Å²) in [5, 5.41) is 10.8. The Balaban J connectivity index is 1.61. The zero-order valence-electron chi connectivity index (χ0n) is 16.6. The quantitative estimate of drug-likeness (QED) is 0.462. The molecule has 2 N–H and O–H groups in total. The number of aromatic nitrogens is 1. The molecule has 3 aromatic rings. The Morgan fingerprint density at radius 1 is 1.04 bits per heavy atom. The number of hydrogen-bond donors (Lipinski definition) is 2. The molecule has 0 aliphatic rings. The molecular formula is C23H28N4O. The van der Waals surface area contributed by atoms with E-state index in [1.54, 1.807) is 7.05 Å². The molecule has 5 nitrogen and oxygen atoms in total. The van der Waals surface area contributed by atoms with Crippen molar-refractivity contribution in [3.63, 3.8) is 0 Å². The Hall–Kier alpha value is -3.08. The van der Waals surface area contributed by atoms with Gasteiger partial charge < -0.3 is 15.2 Å². The molecule has 0 saturated heterocycles. The van der Waals surface area contributed by atoms with E-state index in [9.17, 15) is 0 Å². The molecule has 0 aliphatic carbocycles. The summed E-state index contributed by atoms with van der Waals surface area (Å²) in [7, 11) is 1.78. The van der Waals surface area contributed by atoms with E-state index in [-0.39, 0.29) is 0 Å². The van der Waals surface area contributed by atoms with Gasteiger partial charge in [-0.2, -0.15) is 0 Å². The minimum Gasteiger partial charge on any atom is -0.359 e. The van der Waals surface area contributed by atoms with Gasteiger partial charge in [0.05, 0.1) is 12.2 Å². The first-order chi connectivity index (χ1) is 13.8. The van der Waals surface area contributed by atoms with Gasteiger partial charge in [-0.05, 0) is 24.0 Å². The Labute approximate surface area is 166 Å². The van der Waals surface area contributed by atoms with Crippen molar-refractivity contribution in [3.8, 4) is 0 Å². The number of nitrogens with one attached hydrogen (secondary N) is 2. The van der Waals surface area contributed by atoms with Crippen molar-refractivity contribution >= 4 is 5.96 Å². The summed E-state index contributed by atoms with van der Waals surface area (Å²) >= 11 is 0. The van der Waals surface area contributed by atoms with E-state index < -0.39 is 0 Å². The Bertz CT molecular complexity index is 859. The molecule has 0 radical (unpaired) electrons. The normalized spacial score (nSPS) is 12.6. The summed E-state index contributed by atoms with van der Waals surface area (Å²) in [5.74, 6) is 1.91. The lowest BCUT2D eigenvalue weighted by Gasteiger charge is -2.20. The van der Waals surface area contributed by atoms with Crippen molar-refractivity contribution in [3.05, 3.63) is 89.3 Å². The van der Waals surface area contributed by atoms with Crippen molar-refractivity contribution in [1.29, 1.82) is 0 Å². The van der Waals surface area contributed by atoms with Crippen LogP contribution in [0, 0.1) is 0 Å².